The average Bonchev–Trinajstić information content (AvgIpc) is 2.84. The highest BCUT2D eigenvalue weighted by molar-refractivity contribution is 6.27. The number of aliphatic carboxylic acids is 2. The molecule has 1 aliphatic rings. The molecule has 1 fully saturated rings. The molecule has 1 amide bonds. The number of carbonyl (C=O) groups is 3. The van der Waals surface area contributed by atoms with Gasteiger partial charge < -0.3 is 29.3 Å². The zero-order chi connectivity index (χ0) is 24.4. The monoisotopic (exact) mass is 460 g/mol. The van der Waals surface area contributed by atoms with Crippen molar-refractivity contribution in [3.8, 4) is 17.2 Å². The molecular weight excluding hydrogens is 432 g/mol. The minimum atomic E-state index is -1.82. The first-order chi connectivity index (χ1) is 15.8. The van der Waals surface area contributed by atoms with Crippen LogP contribution in [0, 0.1) is 0 Å². The molecule has 0 bridgehead atoms. The van der Waals surface area contributed by atoms with Gasteiger partial charge in [-0.15, -0.1) is 0 Å². The molecule has 2 N–H and O–H groups in total. The summed E-state index contributed by atoms with van der Waals surface area (Å²) in [5.41, 5.74) is 1.75. The molecule has 178 valence electrons. The molecule has 0 atom stereocenters. The number of methoxy groups -OCH3 is 3. The first-order valence-electron chi connectivity index (χ1n) is 10.1. The van der Waals surface area contributed by atoms with E-state index in [1.54, 1.807) is 27.4 Å². The fourth-order valence-electron chi connectivity index (χ4n) is 3.37. The minimum absolute atomic E-state index is 0.0486. The summed E-state index contributed by atoms with van der Waals surface area (Å²) in [6, 6.07) is 13.2. The summed E-state index contributed by atoms with van der Waals surface area (Å²) in [5.74, 6) is -1.39. The van der Waals surface area contributed by atoms with Gasteiger partial charge in [0, 0.05) is 43.9 Å². The number of para-hydroxylation sites is 1. The van der Waals surface area contributed by atoms with Gasteiger partial charge in [-0.05, 0) is 24.3 Å². The highest BCUT2D eigenvalue weighted by Crippen LogP contribution is 2.31. The summed E-state index contributed by atoms with van der Waals surface area (Å²) < 4.78 is 16.1. The van der Waals surface area contributed by atoms with Gasteiger partial charge in [0.1, 0.15) is 5.75 Å². The van der Waals surface area contributed by atoms with Crippen LogP contribution >= 0.6 is 0 Å². The third kappa shape index (κ3) is 7.11. The van der Waals surface area contributed by atoms with Gasteiger partial charge in [-0.1, -0.05) is 18.2 Å². The second-order valence-corrected chi connectivity index (χ2v) is 7.06. The fourth-order valence-corrected chi connectivity index (χ4v) is 3.37. The summed E-state index contributed by atoms with van der Waals surface area (Å²) in [5, 5.41) is 14.8. The number of nitrogens with zero attached hydrogens (tertiary/aromatic N) is 2. The van der Waals surface area contributed by atoms with Crippen LogP contribution < -0.4 is 14.2 Å². The van der Waals surface area contributed by atoms with Crippen LogP contribution in [0.1, 0.15) is 15.9 Å². The molecule has 0 aliphatic carbocycles. The average molecular weight is 460 g/mol. The van der Waals surface area contributed by atoms with Gasteiger partial charge in [-0.3, -0.25) is 9.69 Å². The molecule has 3 rings (SSSR count). The van der Waals surface area contributed by atoms with Crippen LogP contribution in [0.3, 0.4) is 0 Å². The van der Waals surface area contributed by atoms with Crippen molar-refractivity contribution in [2.45, 2.75) is 6.54 Å². The number of carboxylic acids is 2. The normalized spacial score (nSPS) is 13.4. The highest BCUT2D eigenvalue weighted by Gasteiger charge is 2.23. The van der Waals surface area contributed by atoms with Crippen molar-refractivity contribution in [2.24, 2.45) is 0 Å². The molecule has 2 aromatic rings. The van der Waals surface area contributed by atoms with Crippen LogP contribution in [0.4, 0.5) is 0 Å². The van der Waals surface area contributed by atoms with E-state index in [1.165, 1.54) is 0 Å². The van der Waals surface area contributed by atoms with Gasteiger partial charge in [0.15, 0.2) is 11.5 Å². The Morgan fingerprint density at radius 2 is 1.48 bits per heavy atom. The van der Waals surface area contributed by atoms with Crippen molar-refractivity contribution in [3.63, 3.8) is 0 Å². The maximum Gasteiger partial charge on any atom is 0.414 e. The van der Waals surface area contributed by atoms with Crippen molar-refractivity contribution >= 4 is 17.8 Å². The van der Waals surface area contributed by atoms with Gasteiger partial charge in [0.25, 0.3) is 5.91 Å². The second kappa shape index (κ2) is 12.3. The molecule has 33 heavy (non-hydrogen) atoms. The number of hydrogen-bond donors (Lipinski definition) is 2. The molecule has 1 aliphatic heterocycles. The summed E-state index contributed by atoms with van der Waals surface area (Å²) in [7, 11) is 4.91. The lowest BCUT2D eigenvalue weighted by molar-refractivity contribution is -0.159. The van der Waals surface area contributed by atoms with E-state index >= 15 is 0 Å². The number of benzene rings is 2. The Bertz CT molecular complexity index is 959. The van der Waals surface area contributed by atoms with E-state index in [9.17, 15) is 4.79 Å². The third-order valence-electron chi connectivity index (χ3n) is 5.04. The van der Waals surface area contributed by atoms with Gasteiger partial charge >= 0.3 is 11.9 Å². The SMILES string of the molecule is COc1cccc(C(=O)N2CCN(Cc3cccc(OC)c3OC)CC2)c1.O=C(O)C(=O)O. The number of amides is 1. The molecule has 0 radical (unpaired) electrons. The van der Waals surface area contributed by atoms with Crippen molar-refractivity contribution in [1.29, 1.82) is 0 Å². The van der Waals surface area contributed by atoms with Crippen molar-refractivity contribution in [3.05, 3.63) is 53.6 Å². The second-order valence-electron chi connectivity index (χ2n) is 7.06. The van der Waals surface area contributed by atoms with Gasteiger partial charge in [0.05, 0.1) is 21.3 Å². The summed E-state index contributed by atoms with van der Waals surface area (Å²) in [4.78, 5) is 35.2. The smallest absolute Gasteiger partial charge is 0.414 e. The van der Waals surface area contributed by atoms with E-state index < -0.39 is 11.9 Å². The Kier molecular flexibility index (Phi) is 9.49. The standard InChI is InChI=1S/C21H26N2O4.C2H2O4/c1-25-18-8-4-6-16(14-18)21(24)23-12-10-22(11-13-23)15-17-7-5-9-19(26-2)20(17)27-3;3-1(4)2(5)6/h4-9,14H,10-13,15H2,1-3H3;(H,3,4)(H,5,6). The lowest BCUT2D eigenvalue weighted by Crippen LogP contribution is -2.48. The molecule has 0 spiro atoms. The van der Waals surface area contributed by atoms with Gasteiger partial charge in [-0.2, -0.15) is 0 Å². The Morgan fingerprint density at radius 1 is 0.848 bits per heavy atom. The van der Waals surface area contributed by atoms with E-state index in [4.69, 9.17) is 34.0 Å². The van der Waals surface area contributed by atoms with Crippen LogP contribution in [0.5, 0.6) is 17.2 Å². The predicted molar refractivity (Wildman–Crippen MR) is 119 cm³/mol. The molecule has 10 heteroatoms. The predicted octanol–water partition coefficient (Wildman–Crippen LogP) is 1.83. The number of piperazine rings is 1. The quantitative estimate of drug-likeness (QED) is 0.621. The van der Waals surface area contributed by atoms with Crippen LogP contribution in [0.2, 0.25) is 0 Å². The Hall–Kier alpha value is -3.79. The molecule has 1 heterocycles. The maximum atomic E-state index is 12.7. The number of hydrogen-bond acceptors (Lipinski definition) is 7. The molecule has 2 aromatic carbocycles. The van der Waals surface area contributed by atoms with E-state index in [-0.39, 0.29) is 5.91 Å². The first kappa shape index (κ1) is 25.5. The molecule has 1 saturated heterocycles. The van der Waals surface area contributed by atoms with E-state index in [0.717, 1.165) is 36.7 Å². The Morgan fingerprint density at radius 3 is 2.03 bits per heavy atom. The van der Waals surface area contributed by atoms with Crippen LogP contribution in [-0.4, -0.2) is 85.4 Å². The lowest BCUT2D eigenvalue weighted by Gasteiger charge is -2.35. The zero-order valence-corrected chi connectivity index (χ0v) is 18.8. The fraction of sp³-hybridized carbons (Fsp3) is 0.348. The summed E-state index contributed by atoms with van der Waals surface area (Å²) in [6.45, 7) is 3.79. The van der Waals surface area contributed by atoms with Crippen LogP contribution in [0.25, 0.3) is 0 Å². The number of ether oxygens (including phenoxy) is 3. The summed E-state index contributed by atoms with van der Waals surface area (Å²) in [6.07, 6.45) is 0. The van der Waals surface area contributed by atoms with Crippen molar-refractivity contribution < 1.29 is 38.8 Å². The minimum Gasteiger partial charge on any atom is -0.497 e. The van der Waals surface area contributed by atoms with E-state index in [2.05, 4.69) is 11.0 Å². The van der Waals surface area contributed by atoms with Gasteiger partial charge in [-0.25, -0.2) is 9.59 Å². The Labute approximate surface area is 191 Å². The highest BCUT2D eigenvalue weighted by atomic mass is 16.5. The van der Waals surface area contributed by atoms with Crippen LogP contribution in [0.15, 0.2) is 42.5 Å². The molecule has 0 saturated carbocycles. The van der Waals surface area contributed by atoms with Crippen LogP contribution in [-0.2, 0) is 16.1 Å². The van der Waals surface area contributed by atoms with E-state index in [0.29, 0.717) is 24.4 Å². The number of carbonyl (C=O) groups excluding carboxylic acids is 1. The van der Waals surface area contributed by atoms with Crippen molar-refractivity contribution in [1.82, 2.24) is 9.80 Å². The van der Waals surface area contributed by atoms with E-state index in [1.807, 2.05) is 35.2 Å². The first-order valence-corrected chi connectivity index (χ1v) is 10.1. The number of rotatable bonds is 6. The maximum absolute atomic E-state index is 12.7. The largest absolute Gasteiger partial charge is 0.497 e. The van der Waals surface area contributed by atoms with Gasteiger partial charge in [0.2, 0.25) is 0 Å². The lowest BCUT2D eigenvalue weighted by atomic mass is 10.1. The molecule has 10 nitrogen and oxygen atoms in total. The van der Waals surface area contributed by atoms with Crippen molar-refractivity contribution in [2.75, 3.05) is 47.5 Å². The third-order valence-corrected chi connectivity index (χ3v) is 5.04. The zero-order valence-electron chi connectivity index (χ0n) is 18.8. The topological polar surface area (TPSA) is 126 Å². The molecule has 0 aromatic heterocycles. The summed E-state index contributed by atoms with van der Waals surface area (Å²) >= 11 is 0. The molecular formula is C23H28N2O8. The molecule has 0 unspecified atom stereocenters. The number of carboxylic acid groups (broad SMARTS) is 2. The Balaban J connectivity index is 0.000000569.